The Bertz CT molecular complexity index is 442. The number of halogens is 2. The number of hydrogen-bond donors (Lipinski definition) is 1. The average Bonchev–Trinajstić information content (AvgIpc) is 2.38. The highest BCUT2D eigenvalue weighted by Gasteiger charge is 2.28. The lowest BCUT2D eigenvalue weighted by atomic mass is 9.87. The van der Waals surface area contributed by atoms with Gasteiger partial charge in [0.25, 0.3) is 0 Å². The van der Waals surface area contributed by atoms with Gasteiger partial charge in [0.15, 0.2) is 0 Å². The minimum Gasteiger partial charge on any atom is -0.388 e. The topological polar surface area (TPSA) is 23.5 Å². The van der Waals surface area contributed by atoms with E-state index in [9.17, 15) is 13.9 Å². The van der Waals surface area contributed by atoms with E-state index in [1.54, 1.807) is 0 Å². The van der Waals surface area contributed by atoms with Crippen LogP contribution in [0.1, 0.15) is 38.4 Å². The number of aliphatic hydroxyl groups excluding tert-OH is 1. The maximum atomic E-state index is 13.7. The van der Waals surface area contributed by atoms with Gasteiger partial charge in [0.05, 0.1) is 6.10 Å². The monoisotopic (exact) mass is 282 g/mol. The zero-order chi connectivity index (χ0) is 14.7. The summed E-state index contributed by atoms with van der Waals surface area (Å²) in [7, 11) is 0. The molecule has 20 heavy (non-hydrogen) atoms. The number of rotatable bonds is 4. The van der Waals surface area contributed by atoms with E-state index in [1.807, 2.05) is 0 Å². The molecule has 0 amide bonds. The Morgan fingerprint density at radius 2 is 1.95 bits per heavy atom. The molecule has 1 fully saturated rings. The van der Waals surface area contributed by atoms with Crippen molar-refractivity contribution in [1.29, 1.82) is 0 Å². The van der Waals surface area contributed by atoms with Gasteiger partial charge in [-0.1, -0.05) is 19.9 Å². The van der Waals surface area contributed by atoms with Gasteiger partial charge < -0.3 is 10.0 Å². The van der Waals surface area contributed by atoms with Crippen LogP contribution in [0.3, 0.4) is 0 Å². The lowest BCUT2D eigenvalue weighted by molar-refractivity contribution is 0.0577. The Hall–Kier alpha value is -1.00. The summed E-state index contributed by atoms with van der Waals surface area (Å²) in [5, 5.41) is 10.3. The Morgan fingerprint density at radius 3 is 2.50 bits per heavy atom. The van der Waals surface area contributed by atoms with Crippen molar-refractivity contribution in [2.45, 2.75) is 32.8 Å². The molecular formula is C16H22F2NO. The van der Waals surface area contributed by atoms with Gasteiger partial charge >= 0.3 is 0 Å². The molecule has 1 atom stereocenters. The molecule has 1 aromatic rings. The Labute approximate surface area is 119 Å². The molecular weight excluding hydrogens is 260 g/mol. The van der Waals surface area contributed by atoms with E-state index in [2.05, 4.69) is 18.7 Å². The van der Waals surface area contributed by atoms with Crippen LogP contribution in [-0.2, 0) is 0 Å². The first-order chi connectivity index (χ1) is 9.47. The van der Waals surface area contributed by atoms with Gasteiger partial charge in [-0.15, -0.1) is 0 Å². The van der Waals surface area contributed by atoms with Crippen LogP contribution in [0.25, 0.3) is 0 Å². The third-order valence-corrected chi connectivity index (χ3v) is 3.90. The van der Waals surface area contributed by atoms with Crippen molar-refractivity contribution in [3.05, 3.63) is 41.3 Å². The quantitative estimate of drug-likeness (QED) is 0.915. The molecule has 1 saturated heterocycles. The number of benzene rings is 1. The molecule has 1 aliphatic rings. The van der Waals surface area contributed by atoms with Gasteiger partial charge in [0, 0.05) is 18.2 Å². The molecule has 0 saturated carbocycles. The van der Waals surface area contributed by atoms with Crippen LogP contribution in [0.5, 0.6) is 0 Å². The van der Waals surface area contributed by atoms with Crippen molar-refractivity contribution in [3.63, 3.8) is 0 Å². The van der Waals surface area contributed by atoms with E-state index in [0.29, 0.717) is 0 Å². The van der Waals surface area contributed by atoms with Gasteiger partial charge in [-0.2, -0.15) is 0 Å². The van der Waals surface area contributed by atoms with Gasteiger partial charge in [-0.3, -0.25) is 0 Å². The van der Waals surface area contributed by atoms with Crippen molar-refractivity contribution in [2.24, 2.45) is 5.92 Å². The molecule has 0 bridgehead atoms. The predicted octanol–water partition coefficient (Wildman–Crippen LogP) is 3.32. The minimum atomic E-state index is -0.843. The molecule has 2 nitrogen and oxygen atoms in total. The van der Waals surface area contributed by atoms with Gasteiger partial charge in [-0.25, -0.2) is 8.78 Å². The van der Waals surface area contributed by atoms with E-state index < -0.39 is 17.7 Å². The summed E-state index contributed by atoms with van der Waals surface area (Å²) < 4.78 is 26.6. The second kappa shape index (κ2) is 6.64. The van der Waals surface area contributed by atoms with Crippen molar-refractivity contribution in [3.8, 4) is 0 Å². The lowest BCUT2D eigenvalue weighted by Crippen LogP contribution is -2.37. The van der Waals surface area contributed by atoms with Gasteiger partial charge in [0.1, 0.15) is 11.6 Å². The largest absolute Gasteiger partial charge is 0.388 e. The second-order valence-corrected chi connectivity index (χ2v) is 5.93. The third-order valence-electron chi connectivity index (χ3n) is 3.90. The van der Waals surface area contributed by atoms with Crippen LogP contribution < -0.4 is 0 Å². The van der Waals surface area contributed by atoms with Crippen LogP contribution in [0.4, 0.5) is 8.78 Å². The summed E-state index contributed by atoms with van der Waals surface area (Å²) in [6, 6.07) is 3.39. The van der Waals surface area contributed by atoms with Crippen LogP contribution in [-0.4, -0.2) is 29.6 Å². The average molecular weight is 282 g/mol. The molecule has 1 N–H and O–H groups in total. The summed E-state index contributed by atoms with van der Waals surface area (Å²) in [5.41, 5.74) is 0.211. The van der Waals surface area contributed by atoms with Crippen molar-refractivity contribution in [1.82, 2.24) is 4.90 Å². The first-order valence-electron chi connectivity index (χ1n) is 7.11. The molecule has 1 radical (unpaired) electrons. The Balaban J connectivity index is 1.96. The zero-order valence-electron chi connectivity index (χ0n) is 12.1. The molecule has 0 aliphatic carbocycles. The highest BCUT2D eigenvalue weighted by molar-refractivity contribution is 5.21. The second-order valence-electron chi connectivity index (χ2n) is 5.93. The summed E-state index contributed by atoms with van der Waals surface area (Å²) in [5.74, 6) is 0.150. The zero-order valence-corrected chi connectivity index (χ0v) is 12.1. The first kappa shape index (κ1) is 15.4. The van der Waals surface area contributed by atoms with Gasteiger partial charge in [-0.05, 0) is 43.8 Å². The highest BCUT2D eigenvalue weighted by Crippen LogP contribution is 2.32. The highest BCUT2D eigenvalue weighted by atomic mass is 19.1. The third kappa shape index (κ3) is 3.76. The molecule has 1 unspecified atom stereocenters. The number of nitrogens with zero attached hydrogens (tertiary/aromatic N) is 1. The van der Waals surface area contributed by atoms with E-state index in [0.717, 1.165) is 38.5 Å². The number of likely N-dealkylation sites (tertiary alicyclic amines) is 1. The Kier molecular flexibility index (Phi) is 5.11. The van der Waals surface area contributed by atoms with Crippen molar-refractivity contribution < 1.29 is 13.9 Å². The molecule has 2 rings (SSSR count). The fraction of sp³-hybridized carbons (Fsp3) is 0.562. The summed E-state index contributed by atoms with van der Waals surface area (Å²) >= 11 is 0. The van der Waals surface area contributed by atoms with E-state index in [4.69, 9.17) is 0 Å². The smallest absolute Gasteiger partial charge is 0.131 e. The first-order valence-corrected chi connectivity index (χ1v) is 7.11. The standard InChI is InChI=1S/C16H22F2NO/c1-11(2)10-19-7-5-12(6-8-19)16(20)14-4-3-13(17)9-15(14)18/h3-4,9,12,16,20H,5-8,10H2,1-2H3. The van der Waals surface area contributed by atoms with Crippen LogP contribution >= 0.6 is 0 Å². The van der Waals surface area contributed by atoms with E-state index in [1.165, 1.54) is 18.1 Å². The molecule has 0 spiro atoms. The molecule has 111 valence electrons. The summed E-state index contributed by atoms with van der Waals surface area (Å²) in [6.45, 7) is 7.02. The number of hydrogen-bond acceptors (Lipinski definition) is 2. The molecule has 1 heterocycles. The van der Waals surface area contributed by atoms with Crippen LogP contribution in [0, 0.1) is 23.5 Å². The van der Waals surface area contributed by atoms with E-state index in [-0.39, 0.29) is 11.5 Å². The SMILES string of the molecule is C[C](C)CN1CCC(C(O)c2ccc(F)cc2F)CC1. The van der Waals surface area contributed by atoms with Crippen molar-refractivity contribution >= 4 is 0 Å². The van der Waals surface area contributed by atoms with Crippen LogP contribution in [0.15, 0.2) is 18.2 Å². The fourth-order valence-electron chi connectivity index (χ4n) is 2.87. The van der Waals surface area contributed by atoms with Gasteiger partial charge in [0.2, 0.25) is 0 Å². The number of aliphatic hydroxyl groups is 1. The fourth-order valence-corrected chi connectivity index (χ4v) is 2.87. The predicted molar refractivity (Wildman–Crippen MR) is 75.1 cm³/mol. The normalized spacial score (nSPS) is 19.5. The summed E-state index contributed by atoms with van der Waals surface area (Å²) in [4.78, 5) is 2.35. The summed E-state index contributed by atoms with van der Waals surface area (Å²) in [6.07, 6.45) is 0.834. The molecule has 4 heteroatoms. The molecule has 1 aliphatic heterocycles. The van der Waals surface area contributed by atoms with Crippen molar-refractivity contribution in [2.75, 3.05) is 19.6 Å². The lowest BCUT2D eigenvalue weighted by Gasteiger charge is -2.35. The molecule has 0 aromatic heterocycles. The maximum absolute atomic E-state index is 13.7. The number of piperidine rings is 1. The molecule has 1 aromatic carbocycles. The Morgan fingerprint density at radius 1 is 1.30 bits per heavy atom. The maximum Gasteiger partial charge on any atom is 0.131 e. The minimum absolute atomic E-state index is 0.0448. The van der Waals surface area contributed by atoms with E-state index >= 15 is 0 Å². The van der Waals surface area contributed by atoms with Crippen LogP contribution in [0.2, 0.25) is 0 Å².